The van der Waals surface area contributed by atoms with Crippen molar-refractivity contribution in [3.8, 4) is 0 Å². The summed E-state index contributed by atoms with van der Waals surface area (Å²) in [5.74, 6) is -0.142. The Balaban J connectivity index is 1.87. The van der Waals surface area contributed by atoms with Crippen LogP contribution in [0.15, 0.2) is 5.38 Å². The second-order valence-corrected chi connectivity index (χ2v) is 7.22. The Morgan fingerprint density at radius 3 is 2.58 bits per heavy atom. The van der Waals surface area contributed by atoms with Crippen molar-refractivity contribution < 1.29 is 9.90 Å². The topological polar surface area (TPSA) is 53.4 Å². The molecule has 5 heteroatoms. The number of nitrogens with zero attached hydrogens (tertiary/aromatic N) is 2. The maximum atomic E-state index is 10.8. The van der Waals surface area contributed by atoms with Gasteiger partial charge < -0.3 is 5.11 Å². The van der Waals surface area contributed by atoms with Gasteiger partial charge in [-0.25, -0.2) is 9.78 Å². The molecule has 0 saturated carbocycles. The first-order valence-electron chi connectivity index (χ1n) is 6.76. The number of hydrogen-bond donors (Lipinski definition) is 1. The van der Waals surface area contributed by atoms with Gasteiger partial charge in [-0.3, -0.25) is 4.90 Å². The molecule has 1 fully saturated rings. The van der Waals surface area contributed by atoms with Crippen LogP contribution >= 0.6 is 11.3 Å². The molecule has 1 aliphatic rings. The van der Waals surface area contributed by atoms with Crippen LogP contribution in [0.5, 0.6) is 0 Å². The van der Waals surface area contributed by atoms with E-state index in [0.29, 0.717) is 5.41 Å². The van der Waals surface area contributed by atoms with Gasteiger partial charge in [-0.1, -0.05) is 20.8 Å². The molecule has 1 aliphatic heterocycles. The molecule has 0 spiro atoms. The highest BCUT2D eigenvalue weighted by molar-refractivity contribution is 7.11. The van der Waals surface area contributed by atoms with Gasteiger partial charge in [-0.15, -0.1) is 11.3 Å². The maximum absolute atomic E-state index is 10.8. The highest BCUT2D eigenvalue weighted by Crippen LogP contribution is 2.34. The number of aromatic nitrogens is 1. The van der Waals surface area contributed by atoms with Gasteiger partial charge >= 0.3 is 5.97 Å². The summed E-state index contributed by atoms with van der Waals surface area (Å²) in [5, 5.41) is 10.9. The lowest BCUT2D eigenvalue weighted by Crippen LogP contribution is -2.37. The minimum Gasteiger partial charge on any atom is -0.476 e. The summed E-state index contributed by atoms with van der Waals surface area (Å²) in [6.07, 6.45) is 2.44. The molecule has 1 saturated heterocycles. The van der Waals surface area contributed by atoms with Crippen molar-refractivity contribution >= 4 is 17.3 Å². The van der Waals surface area contributed by atoms with Crippen molar-refractivity contribution in [2.24, 2.45) is 11.3 Å². The van der Waals surface area contributed by atoms with Crippen LogP contribution in [0.4, 0.5) is 0 Å². The molecule has 1 N–H and O–H groups in total. The summed E-state index contributed by atoms with van der Waals surface area (Å²) < 4.78 is 0. The normalized spacial score (nSPS) is 18.7. The highest BCUT2D eigenvalue weighted by atomic mass is 32.1. The molecule has 2 heterocycles. The van der Waals surface area contributed by atoms with Crippen molar-refractivity contribution in [3.05, 3.63) is 16.1 Å². The Morgan fingerprint density at radius 2 is 2.11 bits per heavy atom. The van der Waals surface area contributed by atoms with Gasteiger partial charge in [-0.2, -0.15) is 0 Å². The van der Waals surface area contributed by atoms with Gasteiger partial charge in [0, 0.05) is 11.9 Å². The zero-order chi connectivity index (χ0) is 14.0. The summed E-state index contributed by atoms with van der Waals surface area (Å²) in [4.78, 5) is 17.3. The Kier molecular flexibility index (Phi) is 4.26. The molecule has 0 bridgehead atoms. The average Bonchev–Trinajstić information content (AvgIpc) is 2.77. The number of likely N-dealkylation sites (tertiary alicyclic amines) is 1. The van der Waals surface area contributed by atoms with E-state index in [1.807, 2.05) is 5.38 Å². The summed E-state index contributed by atoms with van der Waals surface area (Å²) in [6, 6.07) is 0. The predicted octanol–water partition coefficient (Wildman–Crippen LogP) is 3.10. The van der Waals surface area contributed by atoms with E-state index >= 15 is 0 Å². The highest BCUT2D eigenvalue weighted by Gasteiger charge is 2.28. The Hall–Kier alpha value is -0.940. The van der Waals surface area contributed by atoms with Crippen LogP contribution in [0.2, 0.25) is 0 Å². The third kappa shape index (κ3) is 3.76. The number of hydrogen-bond acceptors (Lipinski definition) is 4. The third-order valence-electron chi connectivity index (χ3n) is 3.93. The SMILES string of the molecule is CC(C)(C)C1CCN(Cc2csc(C(=O)O)n2)CC1. The molecule has 0 amide bonds. The number of rotatable bonds is 3. The van der Waals surface area contributed by atoms with E-state index in [4.69, 9.17) is 5.11 Å². The van der Waals surface area contributed by atoms with Crippen molar-refractivity contribution in [2.75, 3.05) is 13.1 Å². The van der Waals surface area contributed by atoms with Crippen molar-refractivity contribution in [3.63, 3.8) is 0 Å². The van der Waals surface area contributed by atoms with E-state index < -0.39 is 5.97 Å². The Bertz CT molecular complexity index is 443. The number of carboxylic acid groups (broad SMARTS) is 1. The first-order valence-corrected chi connectivity index (χ1v) is 7.64. The third-order valence-corrected chi connectivity index (χ3v) is 4.81. The molecule has 0 radical (unpaired) electrons. The smallest absolute Gasteiger partial charge is 0.365 e. The monoisotopic (exact) mass is 282 g/mol. The van der Waals surface area contributed by atoms with Gasteiger partial charge in [-0.05, 0) is 37.3 Å². The largest absolute Gasteiger partial charge is 0.476 e. The van der Waals surface area contributed by atoms with Gasteiger partial charge in [0.05, 0.1) is 5.69 Å². The molecule has 4 nitrogen and oxygen atoms in total. The fourth-order valence-corrected chi connectivity index (χ4v) is 3.31. The quantitative estimate of drug-likeness (QED) is 0.925. The van der Waals surface area contributed by atoms with Gasteiger partial charge in [0.15, 0.2) is 0 Å². The molecule has 0 atom stereocenters. The minimum absolute atomic E-state index is 0.194. The molecule has 2 rings (SSSR count). The molecule has 19 heavy (non-hydrogen) atoms. The second-order valence-electron chi connectivity index (χ2n) is 6.37. The zero-order valence-electron chi connectivity index (χ0n) is 11.8. The number of piperidine rings is 1. The lowest BCUT2D eigenvalue weighted by atomic mass is 9.75. The first-order chi connectivity index (χ1) is 8.86. The number of aromatic carboxylic acids is 1. The molecule has 0 unspecified atom stereocenters. The van der Waals surface area contributed by atoms with Crippen LogP contribution in [0.25, 0.3) is 0 Å². The van der Waals surface area contributed by atoms with Crippen molar-refractivity contribution in [2.45, 2.75) is 40.2 Å². The predicted molar refractivity (Wildman–Crippen MR) is 76.5 cm³/mol. The maximum Gasteiger partial charge on any atom is 0.365 e. The molecule has 0 aromatic carbocycles. The fraction of sp³-hybridized carbons (Fsp3) is 0.714. The number of carboxylic acids is 1. The van der Waals surface area contributed by atoms with Gasteiger partial charge in [0.1, 0.15) is 0 Å². The lowest BCUT2D eigenvalue weighted by Gasteiger charge is -2.38. The van der Waals surface area contributed by atoms with Crippen LogP contribution in [0, 0.1) is 11.3 Å². The van der Waals surface area contributed by atoms with Crippen LogP contribution < -0.4 is 0 Å². The molecule has 106 valence electrons. The van der Waals surface area contributed by atoms with E-state index in [2.05, 4.69) is 30.7 Å². The molecule has 0 aliphatic carbocycles. The fourth-order valence-electron chi connectivity index (χ4n) is 2.66. The van der Waals surface area contributed by atoms with E-state index in [1.165, 1.54) is 24.2 Å². The minimum atomic E-state index is -0.928. The standard InChI is InChI=1S/C14H22N2O2S/c1-14(2,3)10-4-6-16(7-5-10)8-11-9-19-12(15-11)13(17)18/h9-10H,4-8H2,1-3H3,(H,17,18). The summed E-state index contributed by atoms with van der Waals surface area (Å²) in [5.41, 5.74) is 1.28. The van der Waals surface area contributed by atoms with Crippen LogP contribution in [0.1, 0.15) is 49.1 Å². The van der Waals surface area contributed by atoms with Crippen molar-refractivity contribution in [1.82, 2.24) is 9.88 Å². The summed E-state index contributed by atoms with van der Waals surface area (Å²) >= 11 is 1.21. The molecule has 1 aromatic rings. The Morgan fingerprint density at radius 1 is 1.47 bits per heavy atom. The first kappa shape index (κ1) is 14.5. The lowest BCUT2D eigenvalue weighted by molar-refractivity contribution is 0.0695. The molecular weight excluding hydrogens is 260 g/mol. The summed E-state index contributed by atoms with van der Waals surface area (Å²) in [6.45, 7) is 9.89. The van der Waals surface area contributed by atoms with Gasteiger partial charge in [0.25, 0.3) is 0 Å². The average molecular weight is 282 g/mol. The van der Waals surface area contributed by atoms with E-state index in [0.717, 1.165) is 31.2 Å². The van der Waals surface area contributed by atoms with Crippen LogP contribution in [0.3, 0.4) is 0 Å². The second kappa shape index (κ2) is 5.59. The Labute approximate surface area is 118 Å². The van der Waals surface area contributed by atoms with Crippen LogP contribution in [-0.4, -0.2) is 34.0 Å². The van der Waals surface area contributed by atoms with Crippen molar-refractivity contribution in [1.29, 1.82) is 0 Å². The van der Waals surface area contributed by atoms with Crippen LogP contribution in [-0.2, 0) is 6.54 Å². The van der Waals surface area contributed by atoms with E-state index in [9.17, 15) is 4.79 Å². The number of carbonyl (C=O) groups is 1. The molecule has 1 aromatic heterocycles. The van der Waals surface area contributed by atoms with Gasteiger partial charge in [0.2, 0.25) is 5.01 Å². The number of thiazole rings is 1. The zero-order valence-corrected chi connectivity index (χ0v) is 12.7. The summed E-state index contributed by atoms with van der Waals surface area (Å²) in [7, 11) is 0. The van der Waals surface area contributed by atoms with E-state index in [1.54, 1.807) is 0 Å². The molecular formula is C14H22N2O2S. The van der Waals surface area contributed by atoms with E-state index in [-0.39, 0.29) is 5.01 Å².